The van der Waals surface area contributed by atoms with Gasteiger partial charge in [0.15, 0.2) is 0 Å². The Morgan fingerprint density at radius 2 is 1.83 bits per heavy atom. The third-order valence-electron chi connectivity index (χ3n) is 9.45. The van der Waals surface area contributed by atoms with Crippen LogP contribution in [0.2, 0.25) is 0 Å². The van der Waals surface area contributed by atoms with Crippen LogP contribution in [0.3, 0.4) is 0 Å². The standard InChI is InChI=1S/C20H30O3/c1-17-8-4-9-18(2,16(21)22)13(17)7-10-20-11-12(5-6-14(17)20)19(3)15(20)23-19/h12-15H,4-11H2,1-3H3,(H,21,22)/t12-,13+,14+,15+,17-,18-,19+,20-/m1/s1. The van der Waals surface area contributed by atoms with Crippen LogP contribution in [-0.4, -0.2) is 22.8 Å². The van der Waals surface area contributed by atoms with Crippen LogP contribution in [0.5, 0.6) is 0 Å². The maximum Gasteiger partial charge on any atom is 0.309 e. The molecule has 0 aromatic rings. The summed E-state index contributed by atoms with van der Waals surface area (Å²) in [5, 5.41) is 9.95. The van der Waals surface area contributed by atoms with Gasteiger partial charge in [0.1, 0.15) is 0 Å². The van der Waals surface area contributed by atoms with E-state index in [0.29, 0.717) is 23.4 Å². The second-order valence-electron chi connectivity index (χ2n) is 10.1. The fraction of sp³-hybridized carbons (Fsp3) is 0.950. The lowest BCUT2D eigenvalue weighted by molar-refractivity contribution is -0.187. The first-order valence-corrected chi connectivity index (χ1v) is 9.69. The van der Waals surface area contributed by atoms with Gasteiger partial charge in [-0.1, -0.05) is 13.3 Å². The van der Waals surface area contributed by atoms with E-state index in [0.717, 1.165) is 25.2 Å². The number of carboxylic acids is 1. The van der Waals surface area contributed by atoms with Crippen molar-refractivity contribution in [2.24, 2.45) is 34.0 Å². The van der Waals surface area contributed by atoms with Crippen molar-refractivity contribution >= 4 is 5.97 Å². The molecule has 5 aliphatic rings. The van der Waals surface area contributed by atoms with Gasteiger partial charge in [-0.25, -0.2) is 0 Å². The van der Waals surface area contributed by atoms with Crippen molar-refractivity contribution in [1.29, 1.82) is 0 Å². The Kier molecular flexibility index (Phi) is 2.55. The molecule has 2 bridgehead atoms. The van der Waals surface area contributed by atoms with Crippen LogP contribution >= 0.6 is 0 Å². The molecule has 4 saturated carbocycles. The summed E-state index contributed by atoms with van der Waals surface area (Å²) in [6.07, 6.45) is 9.90. The minimum absolute atomic E-state index is 0.169. The summed E-state index contributed by atoms with van der Waals surface area (Å²) < 4.78 is 6.28. The molecule has 5 rings (SSSR count). The van der Waals surface area contributed by atoms with Crippen molar-refractivity contribution in [2.75, 3.05) is 0 Å². The molecule has 0 unspecified atom stereocenters. The largest absolute Gasteiger partial charge is 0.481 e. The van der Waals surface area contributed by atoms with Crippen LogP contribution < -0.4 is 0 Å². The van der Waals surface area contributed by atoms with Crippen LogP contribution in [0.15, 0.2) is 0 Å². The first-order chi connectivity index (χ1) is 10.8. The summed E-state index contributed by atoms with van der Waals surface area (Å²) in [5.74, 6) is 1.23. The number of carboxylic acid groups (broad SMARTS) is 1. The summed E-state index contributed by atoms with van der Waals surface area (Å²) in [4.78, 5) is 12.1. The van der Waals surface area contributed by atoms with E-state index in [1.54, 1.807) is 0 Å². The zero-order valence-corrected chi connectivity index (χ0v) is 14.7. The van der Waals surface area contributed by atoms with Crippen molar-refractivity contribution in [3.05, 3.63) is 0 Å². The smallest absolute Gasteiger partial charge is 0.309 e. The molecular weight excluding hydrogens is 288 g/mol. The summed E-state index contributed by atoms with van der Waals surface area (Å²) in [6, 6.07) is 0. The molecule has 1 N–H and O–H groups in total. The molecule has 0 amide bonds. The average Bonchev–Trinajstić information content (AvgIpc) is 3.16. The van der Waals surface area contributed by atoms with E-state index in [4.69, 9.17) is 4.74 Å². The number of hydrogen-bond acceptors (Lipinski definition) is 2. The number of epoxide rings is 1. The predicted octanol–water partition coefficient (Wildman–Crippen LogP) is 4.25. The number of aliphatic carboxylic acids is 1. The van der Waals surface area contributed by atoms with E-state index < -0.39 is 11.4 Å². The quantitative estimate of drug-likeness (QED) is 0.735. The van der Waals surface area contributed by atoms with Crippen LogP contribution in [0.1, 0.15) is 72.1 Å². The van der Waals surface area contributed by atoms with Gasteiger partial charge in [0.05, 0.1) is 17.1 Å². The lowest BCUT2D eigenvalue weighted by Gasteiger charge is -2.63. The summed E-state index contributed by atoms with van der Waals surface area (Å²) in [6.45, 7) is 6.82. The molecule has 4 aliphatic carbocycles. The second kappa shape index (κ2) is 3.98. The molecule has 0 aromatic heterocycles. The van der Waals surface area contributed by atoms with Gasteiger partial charge < -0.3 is 9.84 Å². The van der Waals surface area contributed by atoms with E-state index in [1.807, 2.05) is 6.92 Å². The molecule has 0 aromatic carbocycles. The zero-order valence-electron chi connectivity index (χ0n) is 14.7. The maximum atomic E-state index is 12.1. The van der Waals surface area contributed by atoms with E-state index in [-0.39, 0.29) is 11.0 Å². The number of ether oxygens (including phenoxy) is 1. The van der Waals surface area contributed by atoms with Crippen LogP contribution in [0.4, 0.5) is 0 Å². The molecule has 5 fully saturated rings. The molecule has 1 spiro atoms. The summed E-state index contributed by atoms with van der Waals surface area (Å²) in [5.41, 5.74) is 0.228. The Hall–Kier alpha value is -0.570. The molecule has 8 atom stereocenters. The molecule has 1 saturated heterocycles. The highest BCUT2D eigenvalue weighted by Crippen LogP contribution is 2.78. The summed E-state index contributed by atoms with van der Waals surface area (Å²) >= 11 is 0. The van der Waals surface area contributed by atoms with E-state index in [9.17, 15) is 9.90 Å². The Morgan fingerprint density at radius 3 is 2.57 bits per heavy atom. The molecule has 3 nitrogen and oxygen atoms in total. The lowest BCUT2D eigenvalue weighted by atomic mass is 9.40. The van der Waals surface area contributed by atoms with Crippen molar-refractivity contribution < 1.29 is 14.6 Å². The number of fused-ring (bicyclic) bond motifs is 5. The minimum atomic E-state index is -0.558. The number of carbonyl (C=O) groups is 1. The summed E-state index contributed by atoms with van der Waals surface area (Å²) in [7, 11) is 0. The van der Waals surface area contributed by atoms with Gasteiger partial charge in [0.2, 0.25) is 0 Å². The predicted molar refractivity (Wildman–Crippen MR) is 87.0 cm³/mol. The highest BCUT2D eigenvalue weighted by molar-refractivity contribution is 5.75. The van der Waals surface area contributed by atoms with Crippen molar-refractivity contribution in [2.45, 2.75) is 83.8 Å². The SMILES string of the molecule is C[C@@]12CCC[C@@](C)(C(=O)O)[C@H]1CC[C@@]13C[C@@H](CC[C@@H]21)[C@]1(C)O[C@H]31. The maximum absolute atomic E-state index is 12.1. The van der Waals surface area contributed by atoms with Crippen molar-refractivity contribution in [3.63, 3.8) is 0 Å². The van der Waals surface area contributed by atoms with E-state index >= 15 is 0 Å². The Labute approximate surface area is 139 Å². The first-order valence-electron chi connectivity index (χ1n) is 9.69. The number of hydrogen-bond donors (Lipinski definition) is 1. The van der Waals surface area contributed by atoms with E-state index in [1.165, 1.54) is 32.1 Å². The normalized spacial score (nSPS) is 62.9. The molecule has 128 valence electrons. The minimum Gasteiger partial charge on any atom is -0.481 e. The molecular formula is C20H30O3. The third kappa shape index (κ3) is 1.46. The van der Waals surface area contributed by atoms with Gasteiger partial charge in [-0.2, -0.15) is 0 Å². The van der Waals surface area contributed by atoms with Gasteiger partial charge in [0.25, 0.3) is 0 Å². The Morgan fingerprint density at radius 1 is 1.04 bits per heavy atom. The van der Waals surface area contributed by atoms with E-state index in [2.05, 4.69) is 13.8 Å². The average molecular weight is 318 g/mol. The third-order valence-corrected chi connectivity index (χ3v) is 9.45. The highest BCUT2D eigenvalue weighted by atomic mass is 16.6. The zero-order chi connectivity index (χ0) is 16.3. The van der Waals surface area contributed by atoms with Gasteiger partial charge in [-0.05, 0) is 82.0 Å². The topological polar surface area (TPSA) is 49.8 Å². The molecule has 23 heavy (non-hydrogen) atoms. The number of rotatable bonds is 1. The van der Waals surface area contributed by atoms with Crippen molar-refractivity contribution in [1.82, 2.24) is 0 Å². The molecule has 1 heterocycles. The van der Waals surface area contributed by atoms with Crippen LogP contribution in [0, 0.1) is 34.0 Å². The van der Waals surface area contributed by atoms with Gasteiger partial charge >= 0.3 is 5.97 Å². The van der Waals surface area contributed by atoms with Gasteiger partial charge in [-0.15, -0.1) is 0 Å². The first kappa shape index (κ1) is 14.7. The Bertz CT molecular complexity index is 587. The van der Waals surface area contributed by atoms with Crippen LogP contribution in [0.25, 0.3) is 0 Å². The highest BCUT2D eigenvalue weighted by Gasteiger charge is 2.79. The van der Waals surface area contributed by atoms with Gasteiger partial charge in [0, 0.05) is 5.41 Å². The monoisotopic (exact) mass is 318 g/mol. The van der Waals surface area contributed by atoms with Gasteiger partial charge in [-0.3, -0.25) is 4.79 Å². The molecule has 0 radical (unpaired) electrons. The fourth-order valence-electron chi connectivity index (χ4n) is 8.40. The molecule has 3 heteroatoms. The Balaban J connectivity index is 1.58. The lowest BCUT2D eigenvalue weighted by Crippen LogP contribution is -2.59. The van der Waals surface area contributed by atoms with Crippen LogP contribution in [-0.2, 0) is 9.53 Å². The van der Waals surface area contributed by atoms with Crippen molar-refractivity contribution in [3.8, 4) is 0 Å². The fourth-order valence-corrected chi connectivity index (χ4v) is 8.40. The second-order valence-corrected chi connectivity index (χ2v) is 10.1. The molecule has 1 aliphatic heterocycles.